The molecule has 1 N–H and O–H groups in total. The van der Waals surface area contributed by atoms with Crippen LogP contribution in [-0.2, 0) is 16.0 Å². The normalized spacial score (nSPS) is 18.4. The molecule has 2 rings (SSSR count). The van der Waals surface area contributed by atoms with Gasteiger partial charge in [-0.1, -0.05) is 18.2 Å². The van der Waals surface area contributed by atoms with Gasteiger partial charge in [0.05, 0.1) is 13.0 Å². The third-order valence-corrected chi connectivity index (χ3v) is 2.86. The van der Waals surface area contributed by atoms with Gasteiger partial charge >= 0.3 is 5.97 Å². The second-order valence-electron chi connectivity index (χ2n) is 4.05. The number of esters is 1. The second kappa shape index (κ2) is 5.01. The first-order valence-electron chi connectivity index (χ1n) is 5.79. The summed E-state index contributed by atoms with van der Waals surface area (Å²) >= 11 is 0. The fourth-order valence-corrected chi connectivity index (χ4v) is 2.08. The number of hydrogen-bond acceptors (Lipinski definition) is 3. The Bertz CT molecular complexity index is 376. The lowest BCUT2D eigenvalue weighted by Gasteiger charge is -2.26. The number of para-hydroxylation sites is 1. The lowest BCUT2D eigenvalue weighted by atomic mass is 9.96. The topological polar surface area (TPSA) is 38.3 Å². The molecule has 3 nitrogen and oxygen atoms in total. The minimum atomic E-state index is -0.112. The highest BCUT2D eigenvalue weighted by Crippen LogP contribution is 2.25. The number of anilines is 1. The number of carbonyl (C=O) groups is 1. The summed E-state index contributed by atoms with van der Waals surface area (Å²) in [5, 5.41) is 3.39. The van der Waals surface area contributed by atoms with Crippen molar-refractivity contribution in [3.63, 3.8) is 0 Å². The highest BCUT2D eigenvalue weighted by atomic mass is 16.5. The van der Waals surface area contributed by atoms with E-state index in [0.29, 0.717) is 13.0 Å². The van der Waals surface area contributed by atoms with Gasteiger partial charge < -0.3 is 10.1 Å². The summed E-state index contributed by atoms with van der Waals surface area (Å²) in [5.41, 5.74) is 2.49. The van der Waals surface area contributed by atoms with Gasteiger partial charge in [-0.3, -0.25) is 4.79 Å². The molecule has 1 aliphatic rings. The standard InChI is InChI=1S/C13H17NO2/c1-2-16-13(15)9-11-8-7-10-5-3-4-6-12(10)14-11/h3-6,11,14H,2,7-9H2,1H3. The van der Waals surface area contributed by atoms with E-state index >= 15 is 0 Å². The molecule has 0 saturated carbocycles. The first kappa shape index (κ1) is 11.0. The Morgan fingerprint density at radius 2 is 2.31 bits per heavy atom. The third-order valence-electron chi connectivity index (χ3n) is 2.86. The van der Waals surface area contributed by atoms with Crippen molar-refractivity contribution in [2.75, 3.05) is 11.9 Å². The van der Waals surface area contributed by atoms with Gasteiger partial charge in [-0.15, -0.1) is 0 Å². The Kier molecular flexibility index (Phi) is 3.44. The van der Waals surface area contributed by atoms with E-state index in [2.05, 4.69) is 17.4 Å². The van der Waals surface area contributed by atoms with Crippen LogP contribution in [0.5, 0.6) is 0 Å². The molecular formula is C13H17NO2. The molecule has 3 heteroatoms. The molecule has 16 heavy (non-hydrogen) atoms. The molecule has 1 unspecified atom stereocenters. The SMILES string of the molecule is CCOC(=O)CC1CCc2ccccc2N1. The average Bonchev–Trinajstić information content (AvgIpc) is 2.29. The molecule has 1 heterocycles. The molecule has 0 aromatic heterocycles. The number of carbonyl (C=O) groups excluding carboxylic acids is 1. The van der Waals surface area contributed by atoms with Gasteiger partial charge in [0, 0.05) is 11.7 Å². The van der Waals surface area contributed by atoms with Crippen molar-refractivity contribution < 1.29 is 9.53 Å². The Morgan fingerprint density at radius 1 is 1.50 bits per heavy atom. The van der Waals surface area contributed by atoms with E-state index in [1.165, 1.54) is 5.56 Å². The number of fused-ring (bicyclic) bond motifs is 1. The van der Waals surface area contributed by atoms with Gasteiger partial charge in [0.2, 0.25) is 0 Å². The zero-order valence-corrected chi connectivity index (χ0v) is 9.53. The van der Waals surface area contributed by atoms with Crippen LogP contribution in [0.25, 0.3) is 0 Å². The van der Waals surface area contributed by atoms with E-state index in [4.69, 9.17) is 4.74 Å². The van der Waals surface area contributed by atoms with Gasteiger partial charge in [0.1, 0.15) is 0 Å². The highest BCUT2D eigenvalue weighted by Gasteiger charge is 2.20. The van der Waals surface area contributed by atoms with Crippen LogP contribution < -0.4 is 5.32 Å². The first-order valence-corrected chi connectivity index (χ1v) is 5.79. The second-order valence-corrected chi connectivity index (χ2v) is 4.05. The number of rotatable bonds is 3. The number of aryl methyl sites for hydroxylation is 1. The van der Waals surface area contributed by atoms with Crippen molar-refractivity contribution in [1.29, 1.82) is 0 Å². The summed E-state index contributed by atoms with van der Waals surface area (Å²) in [7, 11) is 0. The monoisotopic (exact) mass is 219 g/mol. The molecule has 0 aliphatic carbocycles. The largest absolute Gasteiger partial charge is 0.466 e. The molecule has 0 saturated heterocycles. The lowest BCUT2D eigenvalue weighted by molar-refractivity contribution is -0.143. The Morgan fingerprint density at radius 3 is 3.12 bits per heavy atom. The van der Waals surface area contributed by atoms with Gasteiger partial charge in [0.25, 0.3) is 0 Å². The van der Waals surface area contributed by atoms with Crippen LogP contribution in [0, 0.1) is 0 Å². The van der Waals surface area contributed by atoms with E-state index in [0.717, 1.165) is 18.5 Å². The van der Waals surface area contributed by atoms with E-state index < -0.39 is 0 Å². The van der Waals surface area contributed by atoms with Crippen molar-refractivity contribution in [3.05, 3.63) is 29.8 Å². The summed E-state index contributed by atoms with van der Waals surface area (Å²) in [6.07, 6.45) is 2.49. The van der Waals surface area contributed by atoms with Crippen LogP contribution in [0.15, 0.2) is 24.3 Å². The molecule has 0 bridgehead atoms. The molecule has 1 atom stereocenters. The minimum Gasteiger partial charge on any atom is -0.466 e. The van der Waals surface area contributed by atoms with Crippen LogP contribution in [0.4, 0.5) is 5.69 Å². The molecule has 86 valence electrons. The van der Waals surface area contributed by atoms with Crippen LogP contribution in [-0.4, -0.2) is 18.6 Å². The van der Waals surface area contributed by atoms with E-state index in [1.54, 1.807) is 0 Å². The van der Waals surface area contributed by atoms with Crippen LogP contribution in [0.2, 0.25) is 0 Å². The smallest absolute Gasteiger partial charge is 0.307 e. The third kappa shape index (κ3) is 2.54. The van der Waals surface area contributed by atoms with Crippen molar-refractivity contribution in [2.45, 2.75) is 32.2 Å². The number of benzene rings is 1. The Balaban J connectivity index is 1.95. The van der Waals surface area contributed by atoms with Crippen molar-refractivity contribution in [1.82, 2.24) is 0 Å². The highest BCUT2D eigenvalue weighted by molar-refractivity contribution is 5.71. The quantitative estimate of drug-likeness (QED) is 0.793. The summed E-state index contributed by atoms with van der Waals surface area (Å²) in [6, 6.07) is 8.47. The van der Waals surface area contributed by atoms with Gasteiger partial charge in [-0.05, 0) is 31.4 Å². The molecular weight excluding hydrogens is 202 g/mol. The van der Waals surface area contributed by atoms with Crippen molar-refractivity contribution >= 4 is 11.7 Å². The molecule has 0 amide bonds. The average molecular weight is 219 g/mol. The summed E-state index contributed by atoms with van der Waals surface area (Å²) < 4.78 is 4.95. The molecule has 0 spiro atoms. The van der Waals surface area contributed by atoms with Gasteiger partial charge in [-0.2, -0.15) is 0 Å². The van der Waals surface area contributed by atoms with Crippen molar-refractivity contribution in [3.8, 4) is 0 Å². The van der Waals surface area contributed by atoms with E-state index in [-0.39, 0.29) is 12.0 Å². The molecule has 0 radical (unpaired) electrons. The van der Waals surface area contributed by atoms with Gasteiger partial charge in [0.15, 0.2) is 0 Å². The van der Waals surface area contributed by atoms with Gasteiger partial charge in [-0.25, -0.2) is 0 Å². The predicted molar refractivity (Wildman–Crippen MR) is 63.4 cm³/mol. The van der Waals surface area contributed by atoms with Crippen LogP contribution in [0.3, 0.4) is 0 Å². The Labute approximate surface area is 95.8 Å². The van der Waals surface area contributed by atoms with Crippen molar-refractivity contribution in [2.24, 2.45) is 0 Å². The zero-order valence-electron chi connectivity index (χ0n) is 9.53. The summed E-state index contributed by atoms with van der Waals surface area (Å²) in [5.74, 6) is -0.112. The molecule has 0 fully saturated rings. The Hall–Kier alpha value is -1.51. The number of nitrogens with one attached hydrogen (secondary N) is 1. The molecule has 1 aromatic carbocycles. The van der Waals surface area contributed by atoms with E-state index in [1.807, 2.05) is 19.1 Å². The zero-order chi connectivity index (χ0) is 11.4. The molecule has 1 aromatic rings. The minimum absolute atomic E-state index is 0.112. The fourth-order valence-electron chi connectivity index (χ4n) is 2.08. The fraction of sp³-hybridized carbons (Fsp3) is 0.462. The predicted octanol–water partition coefficient (Wildman–Crippen LogP) is 2.37. The maximum atomic E-state index is 11.4. The number of hydrogen-bond donors (Lipinski definition) is 1. The lowest BCUT2D eigenvalue weighted by Crippen LogP contribution is -2.28. The van der Waals surface area contributed by atoms with E-state index in [9.17, 15) is 4.79 Å². The van der Waals surface area contributed by atoms with Crippen LogP contribution in [0.1, 0.15) is 25.3 Å². The summed E-state index contributed by atoms with van der Waals surface area (Å²) in [6.45, 7) is 2.30. The maximum Gasteiger partial charge on any atom is 0.307 e. The molecule has 1 aliphatic heterocycles. The summed E-state index contributed by atoms with van der Waals surface area (Å²) in [4.78, 5) is 11.4. The first-order chi connectivity index (χ1) is 7.79. The number of ether oxygens (including phenoxy) is 1. The van der Waals surface area contributed by atoms with Crippen LogP contribution >= 0.6 is 0 Å². The maximum absolute atomic E-state index is 11.4.